The van der Waals surface area contributed by atoms with Crippen LogP contribution in [0.2, 0.25) is 0 Å². The Hall–Kier alpha value is -1.46. The van der Waals surface area contributed by atoms with Crippen LogP contribution in [-0.4, -0.2) is 35.9 Å². The molecule has 23 heavy (non-hydrogen) atoms. The number of nitrogens with one attached hydrogen (secondary N) is 1. The Kier molecular flexibility index (Phi) is 5.28. The van der Waals surface area contributed by atoms with Gasteiger partial charge < -0.3 is 10.2 Å². The lowest BCUT2D eigenvalue weighted by Gasteiger charge is -2.26. The Morgan fingerprint density at radius 2 is 2.13 bits per heavy atom. The summed E-state index contributed by atoms with van der Waals surface area (Å²) in [4.78, 5) is 19.0. The summed E-state index contributed by atoms with van der Waals surface area (Å²) in [5.41, 5.74) is 1.02. The van der Waals surface area contributed by atoms with Crippen LogP contribution in [0.25, 0.3) is 10.2 Å². The maximum Gasteiger partial charge on any atom is 0.222 e. The lowest BCUT2D eigenvalue weighted by molar-refractivity contribution is -0.132. The molecule has 4 nitrogen and oxygen atoms in total. The van der Waals surface area contributed by atoms with Crippen LogP contribution in [0.5, 0.6) is 0 Å². The molecule has 0 radical (unpaired) electrons. The van der Waals surface area contributed by atoms with E-state index in [0.29, 0.717) is 12.3 Å². The zero-order chi connectivity index (χ0) is 16.2. The Bertz CT molecular complexity index is 630. The third-order valence-corrected chi connectivity index (χ3v) is 6.07. The standard InChI is InChI=1S/C18H25N3OS/c1-13(18-20-15-5-3-4-6-16(15)23-18)21(2)17(22)8-7-14-9-11-19-12-10-14/h3-6,13-14,19H,7-12H2,1-2H3. The second-order valence-corrected chi connectivity index (χ2v) is 7.49. The number of carbonyl (C=O) groups excluding carboxylic acids is 1. The number of carbonyl (C=O) groups is 1. The van der Waals surface area contributed by atoms with Crippen LogP contribution < -0.4 is 5.32 Å². The number of hydrogen-bond acceptors (Lipinski definition) is 4. The second kappa shape index (κ2) is 7.41. The average molecular weight is 331 g/mol. The minimum absolute atomic E-state index is 0.0351. The van der Waals surface area contributed by atoms with Crippen molar-refractivity contribution in [3.05, 3.63) is 29.3 Å². The van der Waals surface area contributed by atoms with Gasteiger partial charge in [-0.15, -0.1) is 11.3 Å². The Labute approximate surface area is 141 Å². The molecule has 0 saturated carbocycles. The van der Waals surface area contributed by atoms with Crippen molar-refractivity contribution in [2.75, 3.05) is 20.1 Å². The summed E-state index contributed by atoms with van der Waals surface area (Å²) in [6, 6.07) is 8.18. The van der Waals surface area contributed by atoms with Crippen molar-refractivity contribution in [3.8, 4) is 0 Å². The number of fused-ring (bicyclic) bond motifs is 1. The van der Waals surface area contributed by atoms with Crippen molar-refractivity contribution >= 4 is 27.5 Å². The van der Waals surface area contributed by atoms with E-state index < -0.39 is 0 Å². The summed E-state index contributed by atoms with van der Waals surface area (Å²) in [6.07, 6.45) is 4.06. The molecular weight excluding hydrogens is 306 g/mol. The summed E-state index contributed by atoms with van der Waals surface area (Å²) in [6.45, 7) is 4.26. The molecule has 1 N–H and O–H groups in total. The number of piperidine rings is 1. The van der Waals surface area contributed by atoms with Gasteiger partial charge in [-0.25, -0.2) is 4.98 Å². The molecule has 1 fully saturated rings. The number of benzene rings is 1. The molecule has 1 aromatic carbocycles. The van der Waals surface area contributed by atoms with Crippen molar-refractivity contribution in [3.63, 3.8) is 0 Å². The lowest BCUT2D eigenvalue weighted by atomic mass is 9.93. The van der Waals surface area contributed by atoms with Gasteiger partial charge in [0, 0.05) is 13.5 Å². The molecular formula is C18H25N3OS. The van der Waals surface area contributed by atoms with Gasteiger partial charge in [-0.1, -0.05) is 12.1 Å². The maximum atomic E-state index is 12.5. The predicted molar refractivity (Wildman–Crippen MR) is 95.6 cm³/mol. The molecule has 2 aromatic rings. The number of hydrogen-bond donors (Lipinski definition) is 1. The van der Waals surface area contributed by atoms with E-state index in [1.165, 1.54) is 17.5 Å². The quantitative estimate of drug-likeness (QED) is 0.910. The number of aromatic nitrogens is 1. The molecule has 124 valence electrons. The zero-order valence-corrected chi connectivity index (χ0v) is 14.7. The summed E-state index contributed by atoms with van der Waals surface area (Å²) < 4.78 is 1.19. The summed E-state index contributed by atoms with van der Waals surface area (Å²) in [7, 11) is 1.90. The van der Waals surface area contributed by atoms with Crippen LogP contribution in [0, 0.1) is 5.92 Å². The monoisotopic (exact) mass is 331 g/mol. The van der Waals surface area contributed by atoms with E-state index in [1.54, 1.807) is 11.3 Å². The Morgan fingerprint density at radius 1 is 1.39 bits per heavy atom. The molecule has 1 unspecified atom stereocenters. The minimum atomic E-state index is 0.0351. The average Bonchev–Trinajstić information content (AvgIpc) is 3.03. The summed E-state index contributed by atoms with van der Waals surface area (Å²) >= 11 is 1.68. The normalized spacial score (nSPS) is 17.3. The van der Waals surface area contributed by atoms with Gasteiger partial charge in [0.25, 0.3) is 0 Å². The molecule has 5 heteroatoms. The van der Waals surface area contributed by atoms with Crippen LogP contribution in [0.3, 0.4) is 0 Å². The molecule has 1 aliphatic rings. The molecule has 1 atom stereocenters. The minimum Gasteiger partial charge on any atom is -0.337 e. The second-order valence-electron chi connectivity index (χ2n) is 6.43. The molecule has 0 bridgehead atoms. The van der Waals surface area contributed by atoms with E-state index in [0.717, 1.165) is 30.0 Å². The smallest absolute Gasteiger partial charge is 0.222 e. The van der Waals surface area contributed by atoms with E-state index in [4.69, 9.17) is 0 Å². The van der Waals surface area contributed by atoms with Crippen molar-refractivity contribution in [1.82, 2.24) is 15.2 Å². The third kappa shape index (κ3) is 3.90. The first kappa shape index (κ1) is 16.4. The number of rotatable bonds is 5. The maximum absolute atomic E-state index is 12.5. The highest BCUT2D eigenvalue weighted by Gasteiger charge is 2.22. The first-order valence-electron chi connectivity index (χ1n) is 8.47. The van der Waals surface area contributed by atoms with Crippen LogP contribution in [0.1, 0.15) is 43.7 Å². The van der Waals surface area contributed by atoms with Crippen molar-refractivity contribution < 1.29 is 4.79 Å². The molecule has 1 aliphatic heterocycles. The molecule has 2 heterocycles. The topological polar surface area (TPSA) is 45.2 Å². The van der Waals surface area contributed by atoms with Crippen LogP contribution >= 0.6 is 11.3 Å². The van der Waals surface area contributed by atoms with E-state index >= 15 is 0 Å². The summed E-state index contributed by atoms with van der Waals surface area (Å²) in [5, 5.41) is 4.39. The largest absolute Gasteiger partial charge is 0.337 e. The van der Waals surface area contributed by atoms with Gasteiger partial charge in [0.05, 0.1) is 16.3 Å². The number of nitrogens with zero attached hydrogens (tertiary/aromatic N) is 2. The van der Waals surface area contributed by atoms with E-state index in [9.17, 15) is 4.79 Å². The fraction of sp³-hybridized carbons (Fsp3) is 0.556. The van der Waals surface area contributed by atoms with Crippen molar-refractivity contribution in [1.29, 1.82) is 0 Å². The van der Waals surface area contributed by atoms with Gasteiger partial charge in [-0.3, -0.25) is 4.79 Å². The van der Waals surface area contributed by atoms with Gasteiger partial charge in [0.15, 0.2) is 0 Å². The van der Waals surface area contributed by atoms with Gasteiger partial charge in [-0.05, 0) is 57.3 Å². The predicted octanol–water partition coefficient (Wildman–Crippen LogP) is 3.60. The molecule has 1 saturated heterocycles. The molecule has 3 rings (SSSR count). The Balaban J connectivity index is 1.59. The Morgan fingerprint density at radius 3 is 2.87 bits per heavy atom. The fourth-order valence-electron chi connectivity index (χ4n) is 3.12. The lowest BCUT2D eigenvalue weighted by Crippen LogP contribution is -2.31. The first-order chi connectivity index (χ1) is 11.1. The van der Waals surface area contributed by atoms with E-state index in [1.807, 2.05) is 30.1 Å². The SMILES string of the molecule is CC(c1nc2ccccc2s1)N(C)C(=O)CCC1CCNCC1. The third-order valence-electron chi connectivity index (χ3n) is 4.87. The highest BCUT2D eigenvalue weighted by Crippen LogP contribution is 2.29. The van der Waals surface area contributed by atoms with Gasteiger partial charge in [0.1, 0.15) is 5.01 Å². The van der Waals surface area contributed by atoms with Crippen molar-refractivity contribution in [2.24, 2.45) is 5.92 Å². The van der Waals surface area contributed by atoms with Gasteiger partial charge in [0.2, 0.25) is 5.91 Å². The van der Waals surface area contributed by atoms with Crippen molar-refractivity contribution in [2.45, 2.75) is 38.6 Å². The molecule has 0 aliphatic carbocycles. The zero-order valence-electron chi connectivity index (χ0n) is 13.9. The molecule has 1 amide bonds. The number of para-hydroxylation sites is 1. The first-order valence-corrected chi connectivity index (χ1v) is 9.28. The highest BCUT2D eigenvalue weighted by atomic mass is 32.1. The van der Waals surface area contributed by atoms with Gasteiger partial charge >= 0.3 is 0 Å². The van der Waals surface area contributed by atoms with Crippen LogP contribution in [0.4, 0.5) is 0 Å². The molecule has 0 spiro atoms. The van der Waals surface area contributed by atoms with E-state index in [-0.39, 0.29) is 11.9 Å². The van der Waals surface area contributed by atoms with Crippen LogP contribution in [0.15, 0.2) is 24.3 Å². The number of thiazole rings is 1. The number of amides is 1. The van der Waals surface area contributed by atoms with Crippen LogP contribution in [-0.2, 0) is 4.79 Å². The van der Waals surface area contributed by atoms with Gasteiger partial charge in [-0.2, -0.15) is 0 Å². The highest BCUT2D eigenvalue weighted by molar-refractivity contribution is 7.18. The fourth-order valence-corrected chi connectivity index (χ4v) is 4.19. The summed E-state index contributed by atoms with van der Waals surface area (Å²) in [5.74, 6) is 0.932. The van der Waals surface area contributed by atoms with E-state index in [2.05, 4.69) is 23.3 Å². The molecule has 1 aromatic heterocycles.